The number of nitrogens with one attached hydrogen (secondary N) is 1. The summed E-state index contributed by atoms with van der Waals surface area (Å²) in [6, 6.07) is 12.3. The van der Waals surface area contributed by atoms with Gasteiger partial charge < -0.3 is 30.2 Å². The standard InChI is InChI=1S/C20H25N3O5/c1-26-16-6-4-15(5-7-16)23(9-8-19(21)24)13-20(25)22-14-10-17(27-2)12-18(11-14)28-3/h4-7,10-12H,8-9,13H2,1-3H3,(H2,21,24)(H,22,25). The van der Waals surface area contributed by atoms with Gasteiger partial charge in [0.2, 0.25) is 11.8 Å². The van der Waals surface area contributed by atoms with Crippen LogP contribution in [0.25, 0.3) is 0 Å². The normalized spacial score (nSPS) is 10.1. The van der Waals surface area contributed by atoms with Crippen LogP contribution >= 0.6 is 0 Å². The molecule has 3 N–H and O–H groups in total. The van der Waals surface area contributed by atoms with Crippen molar-refractivity contribution in [3.63, 3.8) is 0 Å². The Hall–Kier alpha value is -3.42. The minimum atomic E-state index is -0.434. The van der Waals surface area contributed by atoms with Gasteiger partial charge in [-0.3, -0.25) is 9.59 Å². The van der Waals surface area contributed by atoms with Crippen LogP contribution in [0.4, 0.5) is 11.4 Å². The summed E-state index contributed by atoms with van der Waals surface area (Å²) < 4.78 is 15.6. The molecule has 2 aromatic rings. The van der Waals surface area contributed by atoms with E-state index in [-0.39, 0.29) is 18.9 Å². The van der Waals surface area contributed by atoms with E-state index in [1.165, 1.54) is 14.2 Å². The van der Waals surface area contributed by atoms with Crippen LogP contribution in [0.2, 0.25) is 0 Å². The fourth-order valence-corrected chi connectivity index (χ4v) is 2.59. The molecule has 0 unspecified atom stereocenters. The molecule has 2 rings (SSSR count). The van der Waals surface area contributed by atoms with E-state index in [0.717, 1.165) is 5.69 Å². The Morgan fingerprint density at radius 3 is 2.00 bits per heavy atom. The van der Waals surface area contributed by atoms with Gasteiger partial charge in [-0.1, -0.05) is 0 Å². The van der Waals surface area contributed by atoms with Gasteiger partial charge >= 0.3 is 0 Å². The number of hydrogen-bond donors (Lipinski definition) is 2. The first-order valence-electron chi connectivity index (χ1n) is 8.65. The van der Waals surface area contributed by atoms with Crippen LogP contribution in [0.3, 0.4) is 0 Å². The minimum Gasteiger partial charge on any atom is -0.497 e. The van der Waals surface area contributed by atoms with Crippen molar-refractivity contribution in [2.45, 2.75) is 6.42 Å². The van der Waals surface area contributed by atoms with Crippen LogP contribution in [0.15, 0.2) is 42.5 Å². The van der Waals surface area contributed by atoms with Gasteiger partial charge in [0.05, 0.1) is 27.9 Å². The summed E-state index contributed by atoms with van der Waals surface area (Å²) in [5, 5.41) is 2.82. The molecule has 0 aromatic heterocycles. The number of hydrogen-bond acceptors (Lipinski definition) is 6. The molecule has 0 heterocycles. The summed E-state index contributed by atoms with van der Waals surface area (Å²) in [5.41, 5.74) is 6.59. The van der Waals surface area contributed by atoms with Crippen LogP contribution in [0, 0.1) is 0 Å². The Labute approximate surface area is 164 Å². The summed E-state index contributed by atoms with van der Waals surface area (Å²) in [4.78, 5) is 25.6. The van der Waals surface area contributed by atoms with E-state index in [1.54, 1.807) is 42.3 Å². The van der Waals surface area contributed by atoms with Crippen molar-refractivity contribution in [2.75, 3.05) is 44.6 Å². The molecule has 0 aliphatic rings. The molecule has 2 aromatic carbocycles. The number of amides is 2. The summed E-state index contributed by atoms with van der Waals surface area (Å²) in [6.07, 6.45) is 0.131. The van der Waals surface area contributed by atoms with Crippen molar-refractivity contribution in [2.24, 2.45) is 5.73 Å². The van der Waals surface area contributed by atoms with Crippen LogP contribution < -0.4 is 30.2 Å². The molecule has 0 saturated carbocycles. The third-order valence-electron chi connectivity index (χ3n) is 4.04. The average molecular weight is 387 g/mol. The summed E-state index contributed by atoms with van der Waals surface area (Å²) in [6.45, 7) is 0.357. The molecule has 2 amide bonds. The van der Waals surface area contributed by atoms with Crippen LogP contribution in [-0.2, 0) is 9.59 Å². The number of primary amides is 1. The maximum absolute atomic E-state index is 12.6. The van der Waals surface area contributed by atoms with Crippen molar-refractivity contribution >= 4 is 23.2 Å². The van der Waals surface area contributed by atoms with E-state index in [0.29, 0.717) is 29.5 Å². The third-order valence-corrected chi connectivity index (χ3v) is 4.04. The van der Waals surface area contributed by atoms with E-state index < -0.39 is 5.91 Å². The van der Waals surface area contributed by atoms with Crippen molar-refractivity contribution < 1.29 is 23.8 Å². The molecule has 28 heavy (non-hydrogen) atoms. The second-order valence-corrected chi connectivity index (χ2v) is 5.99. The molecule has 0 bridgehead atoms. The van der Waals surface area contributed by atoms with E-state index in [1.807, 2.05) is 12.1 Å². The lowest BCUT2D eigenvalue weighted by Gasteiger charge is -2.24. The van der Waals surface area contributed by atoms with Gasteiger partial charge in [-0.15, -0.1) is 0 Å². The van der Waals surface area contributed by atoms with Crippen LogP contribution in [0.1, 0.15) is 6.42 Å². The van der Waals surface area contributed by atoms with Gasteiger partial charge in [0, 0.05) is 42.5 Å². The topological polar surface area (TPSA) is 103 Å². The molecule has 0 saturated heterocycles. The first kappa shape index (κ1) is 20.9. The van der Waals surface area contributed by atoms with E-state index in [9.17, 15) is 9.59 Å². The van der Waals surface area contributed by atoms with E-state index in [4.69, 9.17) is 19.9 Å². The molecule has 150 valence electrons. The Morgan fingerprint density at radius 1 is 0.929 bits per heavy atom. The number of nitrogens with two attached hydrogens (primary N) is 1. The maximum atomic E-state index is 12.6. The smallest absolute Gasteiger partial charge is 0.243 e. The molecule has 0 radical (unpaired) electrons. The number of methoxy groups -OCH3 is 3. The van der Waals surface area contributed by atoms with Gasteiger partial charge in [0.25, 0.3) is 0 Å². The highest BCUT2D eigenvalue weighted by Crippen LogP contribution is 2.26. The number of anilines is 2. The van der Waals surface area contributed by atoms with Crippen molar-refractivity contribution in [1.29, 1.82) is 0 Å². The zero-order valence-corrected chi connectivity index (χ0v) is 16.2. The molecule has 0 atom stereocenters. The second-order valence-electron chi connectivity index (χ2n) is 5.99. The van der Waals surface area contributed by atoms with E-state index in [2.05, 4.69) is 5.32 Å². The Bertz CT molecular complexity index is 786. The van der Waals surface area contributed by atoms with Gasteiger partial charge in [0.15, 0.2) is 0 Å². The third kappa shape index (κ3) is 6.08. The largest absolute Gasteiger partial charge is 0.497 e. The number of rotatable bonds is 10. The monoisotopic (exact) mass is 387 g/mol. The SMILES string of the molecule is COc1ccc(N(CCC(N)=O)CC(=O)Nc2cc(OC)cc(OC)c2)cc1. The lowest BCUT2D eigenvalue weighted by atomic mass is 10.2. The van der Waals surface area contributed by atoms with Gasteiger partial charge in [-0.2, -0.15) is 0 Å². The first-order valence-corrected chi connectivity index (χ1v) is 8.65. The Morgan fingerprint density at radius 2 is 1.50 bits per heavy atom. The Kier molecular flexibility index (Phi) is 7.50. The van der Waals surface area contributed by atoms with Crippen molar-refractivity contribution in [1.82, 2.24) is 0 Å². The number of carbonyl (C=O) groups excluding carboxylic acids is 2. The van der Waals surface area contributed by atoms with Crippen molar-refractivity contribution in [3.8, 4) is 17.2 Å². The first-order chi connectivity index (χ1) is 13.4. The van der Waals surface area contributed by atoms with Gasteiger partial charge in [-0.25, -0.2) is 0 Å². The highest BCUT2D eigenvalue weighted by molar-refractivity contribution is 5.94. The zero-order valence-electron chi connectivity index (χ0n) is 16.2. The quantitative estimate of drug-likeness (QED) is 0.647. The van der Waals surface area contributed by atoms with E-state index >= 15 is 0 Å². The molecular weight excluding hydrogens is 362 g/mol. The molecule has 0 aliphatic heterocycles. The number of ether oxygens (including phenoxy) is 3. The summed E-state index contributed by atoms with van der Waals surface area (Å²) >= 11 is 0. The molecule has 0 spiro atoms. The van der Waals surface area contributed by atoms with Gasteiger partial charge in [0.1, 0.15) is 17.2 Å². The van der Waals surface area contributed by atoms with Crippen LogP contribution in [-0.4, -0.2) is 46.2 Å². The maximum Gasteiger partial charge on any atom is 0.243 e. The summed E-state index contributed by atoms with van der Waals surface area (Å²) in [7, 11) is 4.65. The number of benzene rings is 2. The van der Waals surface area contributed by atoms with Gasteiger partial charge in [-0.05, 0) is 24.3 Å². The molecule has 0 aliphatic carbocycles. The molecule has 0 fully saturated rings. The number of nitrogens with zero attached hydrogens (tertiary/aromatic N) is 1. The summed E-state index contributed by atoms with van der Waals surface area (Å²) in [5.74, 6) is 1.14. The van der Waals surface area contributed by atoms with Crippen molar-refractivity contribution in [3.05, 3.63) is 42.5 Å². The second kappa shape index (κ2) is 10.1. The zero-order chi connectivity index (χ0) is 20.5. The molecule has 8 heteroatoms. The lowest BCUT2D eigenvalue weighted by Crippen LogP contribution is -2.35. The predicted octanol–water partition coefficient (Wildman–Crippen LogP) is 2.03. The number of carbonyl (C=O) groups is 2. The Balaban J connectivity index is 2.13. The fraction of sp³-hybridized carbons (Fsp3) is 0.300. The van der Waals surface area contributed by atoms with Crippen LogP contribution in [0.5, 0.6) is 17.2 Å². The average Bonchev–Trinajstić information content (AvgIpc) is 2.70. The predicted molar refractivity (Wildman–Crippen MR) is 107 cm³/mol. The minimum absolute atomic E-state index is 0.0408. The lowest BCUT2D eigenvalue weighted by molar-refractivity contribution is -0.118. The fourth-order valence-electron chi connectivity index (χ4n) is 2.59. The molecule has 8 nitrogen and oxygen atoms in total. The highest BCUT2D eigenvalue weighted by Gasteiger charge is 2.14. The molecular formula is C20H25N3O5. The highest BCUT2D eigenvalue weighted by atomic mass is 16.5.